The number of benzene rings is 3. The molecule has 1 atom stereocenters. The van der Waals surface area contributed by atoms with Gasteiger partial charge in [0.15, 0.2) is 11.5 Å². The Labute approximate surface area is 200 Å². The van der Waals surface area contributed by atoms with Gasteiger partial charge in [-0.1, -0.05) is 12.1 Å². The molecule has 2 N–H and O–H groups in total. The van der Waals surface area contributed by atoms with Gasteiger partial charge in [-0.05, 0) is 47.2 Å². The van der Waals surface area contributed by atoms with Gasteiger partial charge in [0.2, 0.25) is 0 Å². The molecule has 3 aromatic carbocycles. The van der Waals surface area contributed by atoms with E-state index in [-0.39, 0.29) is 18.6 Å². The van der Waals surface area contributed by atoms with Crippen LogP contribution < -0.4 is 24.8 Å². The van der Waals surface area contributed by atoms with Crippen molar-refractivity contribution in [3.05, 3.63) is 66.4 Å². The molecule has 1 aliphatic rings. The van der Waals surface area contributed by atoms with Gasteiger partial charge in [-0.2, -0.15) is 0 Å². The third-order valence-electron chi connectivity index (χ3n) is 5.77. The Hall–Kier alpha value is -4.53. The highest BCUT2D eigenvalue weighted by Crippen LogP contribution is 2.37. The zero-order valence-corrected chi connectivity index (χ0v) is 19.2. The van der Waals surface area contributed by atoms with Gasteiger partial charge in [-0.25, -0.2) is 4.79 Å². The van der Waals surface area contributed by atoms with Crippen LogP contribution in [0.2, 0.25) is 0 Å². The number of nitrogens with one attached hydrogen (secondary N) is 2. The fourth-order valence-electron chi connectivity index (χ4n) is 4.03. The summed E-state index contributed by atoms with van der Waals surface area (Å²) >= 11 is 0. The van der Waals surface area contributed by atoms with E-state index in [1.54, 1.807) is 38.6 Å². The molecule has 1 fully saturated rings. The molecule has 0 bridgehead atoms. The third kappa shape index (κ3) is 4.48. The summed E-state index contributed by atoms with van der Waals surface area (Å²) in [5, 5.41) is 7.81. The van der Waals surface area contributed by atoms with Crippen molar-refractivity contribution < 1.29 is 28.5 Å². The molecule has 1 aliphatic heterocycles. The van der Waals surface area contributed by atoms with Gasteiger partial charge in [-0.15, -0.1) is 0 Å². The van der Waals surface area contributed by atoms with Crippen LogP contribution in [0.5, 0.6) is 23.0 Å². The van der Waals surface area contributed by atoms with E-state index in [9.17, 15) is 9.59 Å². The zero-order valence-electron chi connectivity index (χ0n) is 19.2. The smallest absolute Gasteiger partial charge is 0.407 e. The quantitative estimate of drug-likeness (QED) is 0.417. The number of ether oxygens (including phenoxy) is 4. The number of amides is 2. The number of fused-ring (bicyclic) bond motifs is 2. The molecule has 0 radical (unpaired) electrons. The molecule has 0 aliphatic carbocycles. The first kappa shape index (κ1) is 22.3. The largest absolute Gasteiger partial charge is 0.493 e. The Morgan fingerprint density at radius 3 is 2.66 bits per heavy atom. The maximum absolute atomic E-state index is 12.8. The molecular weight excluding hydrogens is 450 g/mol. The molecule has 2 heterocycles. The number of alkyl carbamates (subject to hydrolysis) is 1. The van der Waals surface area contributed by atoms with Crippen LogP contribution in [0.25, 0.3) is 21.7 Å². The van der Waals surface area contributed by atoms with Crippen LogP contribution in [-0.2, 0) is 4.74 Å². The number of aromatic nitrogens is 1. The Bertz CT molecular complexity index is 1440. The predicted octanol–water partition coefficient (Wildman–Crippen LogP) is 4.04. The molecule has 0 spiro atoms. The number of nitrogens with zero attached hydrogens (tertiary/aromatic N) is 1. The molecule has 178 valence electrons. The number of methoxy groups -OCH3 is 2. The summed E-state index contributed by atoms with van der Waals surface area (Å²) in [5.41, 5.74) is 1.24. The number of carbonyl (C=O) groups is 2. The first-order valence-corrected chi connectivity index (χ1v) is 11.0. The fourth-order valence-corrected chi connectivity index (χ4v) is 4.03. The van der Waals surface area contributed by atoms with E-state index in [0.29, 0.717) is 40.6 Å². The predicted molar refractivity (Wildman–Crippen MR) is 129 cm³/mol. The van der Waals surface area contributed by atoms with Gasteiger partial charge in [-0.3, -0.25) is 9.78 Å². The zero-order chi connectivity index (χ0) is 24.4. The summed E-state index contributed by atoms with van der Waals surface area (Å²) < 4.78 is 22.1. The molecule has 9 nitrogen and oxygen atoms in total. The summed E-state index contributed by atoms with van der Waals surface area (Å²) in [6, 6.07) is 16.4. The minimum Gasteiger partial charge on any atom is -0.493 e. The highest BCUT2D eigenvalue weighted by Gasteiger charge is 2.23. The molecule has 1 saturated heterocycles. The maximum atomic E-state index is 12.8. The minimum atomic E-state index is -0.471. The highest BCUT2D eigenvalue weighted by molar-refractivity contribution is 6.07. The second-order valence-electron chi connectivity index (χ2n) is 7.94. The topological polar surface area (TPSA) is 108 Å². The van der Waals surface area contributed by atoms with Crippen molar-refractivity contribution in [1.82, 2.24) is 15.6 Å². The van der Waals surface area contributed by atoms with Gasteiger partial charge < -0.3 is 29.6 Å². The Kier molecular flexibility index (Phi) is 5.97. The molecule has 1 unspecified atom stereocenters. The first-order valence-electron chi connectivity index (χ1n) is 11.0. The van der Waals surface area contributed by atoms with E-state index in [1.807, 2.05) is 36.4 Å². The van der Waals surface area contributed by atoms with Crippen molar-refractivity contribution >= 4 is 33.7 Å². The van der Waals surface area contributed by atoms with E-state index in [0.717, 1.165) is 16.2 Å². The monoisotopic (exact) mass is 473 g/mol. The van der Waals surface area contributed by atoms with E-state index in [2.05, 4.69) is 15.6 Å². The lowest BCUT2D eigenvalue weighted by molar-refractivity contribution is 0.0917. The lowest BCUT2D eigenvalue weighted by atomic mass is 10.0. The number of pyridine rings is 1. The van der Waals surface area contributed by atoms with Crippen LogP contribution in [0.3, 0.4) is 0 Å². The van der Waals surface area contributed by atoms with Crippen molar-refractivity contribution in [2.24, 2.45) is 0 Å². The Morgan fingerprint density at radius 2 is 1.89 bits per heavy atom. The lowest BCUT2D eigenvalue weighted by Crippen LogP contribution is -2.34. The fraction of sp³-hybridized carbons (Fsp3) is 0.192. The summed E-state index contributed by atoms with van der Waals surface area (Å²) in [6.07, 6.45) is 0.821. The average molecular weight is 473 g/mol. The van der Waals surface area contributed by atoms with E-state index in [1.165, 1.54) is 0 Å². The van der Waals surface area contributed by atoms with Crippen molar-refractivity contribution in [2.45, 2.75) is 6.10 Å². The average Bonchev–Trinajstić information content (AvgIpc) is 3.31. The van der Waals surface area contributed by atoms with E-state index >= 15 is 0 Å². The summed E-state index contributed by atoms with van der Waals surface area (Å²) in [7, 11) is 3.16. The van der Waals surface area contributed by atoms with Crippen LogP contribution in [-0.4, -0.2) is 50.4 Å². The van der Waals surface area contributed by atoms with Gasteiger partial charge in [0, 0.05) is 23.2 Å². The standard InChI is InChI=1S/C26H23N3O6/c1-32-23-11-20-21(12-24(23)33-2)27-9-8-22(20)34-16-6-7-18-15(10-16)4-3-5-19(18)25(30)28-13-17-14-29-26(31)35-17/h3-12,17H,13-14H2,1-2H3,(H,28,30)(H,29,31). The van der Waals surface area contributed by atoms with Crippen molar-refractivity contribution in [3.8, 4) is 23.0 Å². The Morgan fingerprint density at radius 1 is 1.06 bits per heavy atom. The second kappa shape index (κ2) is 9.38. The van der Waals surface area contributed by atoms with Gasteiger partial charge in [0.05, 0.1) is 32.8 Å². The molecule has 2 amide bonds. The van der Waals surface area contributed by atoms with E-state index in [4.69, 9.17) is 18.9 Å². The molecular formula is C26H23N3O6. The number of carbonyl (C=O) groups excluding carboxylic acids is 2. The number of hydrogen-bond donors (Lipinski definition) is 2. The maximum Gasteiger partial charge on any atom is 0.407 e. The molecule has 5 rings (SSSR count). The van der Waals surface area contributed by atoms with Crippen LogP contribution in [0, 0.1) is 0 Å². The Balaban J connectivity index is 1.40. The summed E-state index contributed by atoms with van der Waals surface area (Å²) in [4.78, 5) is 28.4. The third-order valence-corrected chi connectivity index (χ3v) is 5.77. The van der Waals surface area contributed by atoms with Gasteiger partial charge in [0.1, 0.15) is 17.6 Å². The summed E-state index contributed by atoms with van der Waals surface area (Å²) in [6.45, 7) is 0.607. The van der Waals surface area contributed by atoms with Crippen LogP contribution in [0.1, 0.15) is 10.4 Å². The van der Waals surface area contributed by atoms with Crippen LogP contribution >= 0.6 is 0 Å². The molecule has 35 heavy (non-hydrogen) atoms. The minimum absolute atomic E-state index is 0.235. The van der Waals surface area contributed by atoms with Crippen molar-refractivity contribution in [1.29, 1.82) is 0 Å². The normalized spacial score (nSPS) is 14.9. The van der Waals surface area contributed by atoms with Crippen LogP contribution in [0.15, 0.2) is 60.8 Å². The molecule has 9 heteroatoms. The van der Waals surface area contributed by atoms with Gasteiger partial charge >= 0.3 is 6.09 Å². The summed E-state index contributed by atoms with van der Waals surface area (Å²) in [5.74, 6) is 2.15. The second-order valence-corrected chi connectivity index (χ2v) is 7.94. The van der Waals surface area contributed by atoms with Crippen molar-refractivity contribution in [3.63, 3.8) is 0 Å². The number of hydrogen-bond acceptors (Lipinski definition) is 7. The first-order chi connectivity index (χ1) is 17.1. The number of cyclic esters (lactones) is 1. The molecule has 4 aromatic rings. The number of rotatable bonds is 7. The lowest BCUT2D eigenvalue weighted by Gasteiger charge is -2.13. The van der Waals surface area contributed by atoms with Gasteiger partial charge in [0.25, 0.3) is 5.91 Å². The van der Waals surface area contributed by atoms with Crippen molar-refractivity contribution in [2.75, 3.05) is 27.3 Å². The SMILES string of the molecule is COc1cc2nccc(Oc3ccc4c(C(=O)NCC5CNC(=O)O5)cccc4c3)c2cc1OC. The molecule has 1 aromatic heterocycles. The molecule has 0 saturated carbocycles. The van der Waals surface area contributed by atoms with E-state index < -0.39 is 6.09 Å². The van der Waals surface area contributed by atoms with Crippen LogP contribution in [0.4, 0.5) is 4.79 Å². The highest BCUT2D eigenvalue weighted by atomic mass is 16.6.